The van der Waals surface area contributed by atoms with Crippen LogP contribution in [0.1, 0.15) is 26.4 Å². The van der Waals surface area contributed by atoms with E-state index in [9.17, 15) is 14.4 Å². The summed E-state index contributed by atoms with van der Waals surface area (Å²) in [4.78, 5) is 17.4. The highest BCUT2D eigenvalue weighted by molar-refractivity contribution is 7.17. The maximum Gasteiger partial charge on any atom is 0.278 e. The molecule has 0 saturated heterocycles. The van der Waals surface area contributed by atoms with E-state index in [1.807, 2.05) is 6.07 Å². The average molecular weight is 349 g/mol. The Kier molecular flexibility index (Phi) is 5.87. The Morgan fingerprint density at radius 2 is 2.21 bits per heavy atom. The number of nitriles is 1. The van der Waals surface area contributed by atoms with Gasteiger partial charge in [0.25, 0.3) is 5.91 Å². The monoisotopic (exact) mass is 349 g/mol. The molecule has 3 N–H and O–H groups in total. The molecule has 24 heavy (non-hydrogen) atoms. The first-order chi connectivity index (χ1) is 11.5. The van der Waals surface area contributed by atoms with Crippen LogP contribution in [0, 0.1) is 31.0 Å². The topological polar surface area (TPSA) is 94.4 Å². The molecule has 0 aliphatic heterocycles. The van der Waals surface area contributed by atoms with Gasteiger partial charge >= 0.3 is 0 Å². The second kappa shape index (κ2) is 7.88. The second-order valence-electron chi connectivity index (χ2n) is 4.98. The quantitative estimate of drug-likeness (QED) is 0.551. The van der Waals surface area contributed by atoms with Crippen molar-refractivity contribution < 1.29 is 19.1 Å². The van der Waals surface area contributed by atoms with E-state index in [1.54, 1.807) is 26.0 Å². The molecule has 2 aromatic rings. The lowest BCUT2D eigenvalue weighted by Gasteiger charge is -2.10. The highest BCUT2D eigenvalue weighted by Crippen LogP contribution is 2.35. The van der Waals surface area contributed by atoms with Gasteiger partial charge in [-0.1, -0.05) is 6.07 Å². The molecule has 0 aliphatic rings. The number of aryl methyl sites for hydroxylation is 1. The fraction of sp³-hybridized carbons (Fsp3) is 0.250. The third-order valence-corrected chi connectivity index (χ3v) is 4.32. The minimum absolute atomic E-state index is 0.0601. The molecule has 1 amide bonds. The van der Waals surface area contributed by atoms with Gasteiger partial charge in [0.2, 0.25) is 0 Å². The first-order valence-electron chi connectivity index (χ1n) is 7.07. The summed E-state index contributed by atoms with van der Waals surface area (Å²) >= 11 is 1.06. The molecule has 1 heterocycles. The number of hydroxylamine groups is 1. The number of aliphatic hydroxyl groups is 1. The Morgan fingerprint density at radius 1 is 1.46 bits per heavy atom. The van der Waals surface area contributed by atoms with E-state index < -0.39 is 11.7 Å². The van der Waals surface area contributed by atoms with Crippen molar-refractivity contribution >= 4 is 27.9 Å². The van der Waals surface area contributed by atoms with Crippen molar-refractivity contribution in [1.82, 2.24) is 5.48 Å². The Labute approximate surface area is 142 Å². The normalized spacial score (nSPS) is 10.3. The number of hydrogen-bond acceptors (Lipinski definition) is 6. The molecule has 0 bridgehead atoms. The third kappa shape index (κ3) is 3.89. The van der Waals surface area contributed by atoms with Crippen molar-refractivity contribution in [3.05, 3.63) is 45.6 Å². The summed E-state index contributed by atoms with van der Waals surface area (Å²) in [6.45, 7) is 3.10. The predicted octanol–water partition coefficient (Wildman–Crippen LogP) is 2.77. The van der Waals surface area contributed by atoms with Crippen LogP contribution in [-0.4, -0.2) is 24.2 Å². The van der Waals surface area contributed by atoms with Gasteiger partial charge in [0.05, 0.1) is 24.5 Å². The van der Waals surface area contributed by atoms with Crippen LogP contribution in [0.25, 0.3) is 0 Å². The molecule has 0 unspecified atom stereocenters. The van der Waals surface area contributed by atoms with E-state index in [4.69, 9.17) is 9.94 Å². The average Bonchev–Trinajstić information content (AvgIpc) is 2.86. The number of benzene rings is 1. The number of thiophene rings is 1. The number of carbonyl (C=O) groups is 1. The zero-order chi connectivity index (χ0) is 17.7. The zero-order valence-corrected chi connectivity index (χ0v) is 14.0. The molecule has 0 aliphatic carbocycles. The van der Waals surface area contributed by atoms with Gasteiger partial charge in [-0.15, -0.1) is 11.3 Å². The standard InChI is InChI=1S/C16H16FN3O3S/c1-9-3-4-12(11(17)7-9)19-16-14(10(2)13(8-18)24-16)15(22)20-23-6-5-21/h3-4,7,19,21H,5-6H2,1-2H3,(H,20,22). The number of nitrogens with zero attached hydrogens (tertiary/aromatic N) is 1. The summed E-state index contributed by atoms with van der Waals surface area (Å²) in [7, 11) is 0. The number of nitrogens with one attached hydrogen (secondary N) is 2. The van der Waals surface area contributed by atoms with Gasteiger partial charge in [-0.05, 0) is 37.1 Å². The van der Waals surface area contributed by atoms with Crippen molar-refractivity contribution in [2.24, 2.45) is 0 Å². The highest BCUT2D eigenvalue weighted by atomic mass is 32.1. The van der Waals surface area contributed by atoms with E-state index in [2.05, 4.69) is 10.8 Å². The molecule has 0 fully saturated rings. The van der Waals surface area contributed by atoms with Crippen molar-refractivity contribution in [1.29, 1.82) is 5.26 Å². The SMILES string of the molecule is Cc1ccc(Nc2sc(C#N)c(C)c2C(=O)NOCCO)c(F)c1. The third-order valence-electron chi connectivity index (χ3n) is 3.21. The summed E-state index contributed by atoms with van der Waals surface area (Å²) in [5, 5.41) is 21.1. The van der Waals surface area contributed by atoms with Crippen LogP contribution in [0.5, 0.6) is 0 Å². The number of halogens is 1. The lowest BCUT2D eigenvalue weighted by molar-refractivity contribution is 0.0169. The van der Waals surface area contributed by atoms with Gasteiger partial charge in [-0.3, -0.25) is 9.63 Å². The van der Waals surface area contributed by atoms with Crippen molar-refractivity contribution in [2.75, 3.05) is 18.5 Å². The van der Waals surface area contributed by atoms with Crippen molar-refractivity contribution in [3.8, 4) is 6.07 Å². The lowest BCUT2D eigenvalue weighted by atomic mass is 10.1. The Bertz CT molecular complexity index is 799. The van der Waals surface area contributed by atoms with Crippen LogP contribution in [0.4, 0.5) is 15.1 Å². The molecule has 8 heteroatoms. The smallest absolute Gasteiger partial charge is 0.278 e. The Hall–Kier alpha value is -2.47. The molecule has 0 saturated carbocycles. The molecule has 0 atom stereocenters. The fourth-order valence-corrected chi connectivity index (χ4v) is 3.05. The van der Waals surface area contributed by atoms with E-state index >= 15 is 0 Å². The van der Waals surface area contributed by atoms with Crippen LogP contribution >= 0.6 is 11.3 Å². The van der Waals surface area contributed by atoms with Gasteiger partial charge in [-0.2, -0.15) is 5.26 Å². The maximum atomic E-state index is 14.0. The number of hydrogen-bond donors (Lipinski definition) is 3. The van der Waals surface area contributed by atoms with E-state index in [-0.39, 0.29) is 24.5 Å². The molecule has 126 valence electrons. The number of rotatable bonds is 6. The van der Waals surface area contributed by atoms with Gasteiger partial charge in [-0.25, -0.2) is 9.87 Å². The summed E-state index contributed by atoms with van der Waals surface area (Å²) < 4.78 is 14.0. The van der Waals surface area contributed by atoms with Crippen LogP contribution in [0.2, 0.25) is 0 Å². The summed E-state index contributed by atoms with van der Waals surface area (Å²) in [6, 6.07) is 6.69. The molecule has 1 aromatic heterocycles. The van der Waals surface area contributed by atoms with Crippen LogP contribution in [0.15, 0.2) is 18.2 Å². The second-order valence-corrected chi connectivity index (χ2v) is 6.00. The molecular weight excluding hydrogens is 333 g/mol. The van der Waals surface area contributed by atoms with Gasteiger partial charge in [0, 0.05) is 0 Å². The summed E-state index contributed by atoms with van der Waals surface area (Å²) in [5.41, 5.74) is 3.85. The number of aliphatic hydroxyl groups excluding tert-OH is 1. The van der Waals surface area contributed by atoms with E-state index in [0.29, 0.717) is 15.4 Å². The van der Waals surface area contributed by atoms with Crippen LogP contribution in [0.3, 0.4) is 0 Å². The van der Waals surface area contributed by atoms with Gasteiger partial charge in [0.15, 0.2) is 0 Å². The van der Waals surface area contributed by atoms with E-state index in [0.717, 1.165) is 16.9 Å². The molecule has 0 spiro atoms. The molecule has 0 radical (unpaired) electrons. The lowest BCUT2D eigenvalue weighted by Crippen LogP contribution is -2.26. The first-order valence-corrected chi connectivity index (χ1v) is 7.89. The Balaban J connectivity index is 2.35. The Morgan fingerprint density at radius 3 is 2.83 bits per heavy atom. The number of anilines is 2. The first kappa shape index (κ1) is 17.9. The minimum Gasteiger partial charge on any atom is -0.394 e. The molecular formula is C16H16FN3O3S. The fourth-order valence-electron chi connectivity index (χ4n) is 2.04. The summed E-state index contributed by atoms with van der Waals surface area (Å²) in [6.07, 6.45) is 0. The van der Waals surface area contributed by atoms with Crippen LogP contribution < -0.4 is 10.8 Å². The van der Waals surface area contributed by atoms with Crippen molar-refractivity contribution in [2.45, 2.75) is 13.8 Å². The molecule has 2 rings (SSSR count). The summed E-state index contributed by atoms with van der Waals surface area (Å²) in [5.74, 6) is -1.03. The largest absolute Gasteiger partial charge is 0.394 e. The van der Waals surface area contributed by atoms with Crippen molar-refractivity contribution in [3.63, 3.8) is 0 Å². The van der Waals surface area contributed by atoms with Gasteiger partial charge in [0.1, 0.15) is 21.8 Å². The highest BCUT2D eigenvalue weighted by Gasteiger charge is 2.22. The predicted molar refractivity (Wildman–Crippen MR) is 88.7 cm³/mol. The van der Waals surface area contributed by atoms with E-state index in [1.165, 1.54) is 6.07 Å². The maximum absolute atomic E-state index is 14.0. The number of amides is 1. The number of carbonyl (C=O) groups excluding carboxylic acids is 1. The molecule has 6 nitrogen and oxygen atoms in total. The van der Waals surface area contributed by atoms with Gasteiger partial charge < -0.3 is 10.4 Å². The van der Waals surface area contributed by atoms with Crippen LogP contribution in [-0.2, 0) is 4.84 Å². The zero-order valence-electron chi connectivity index (χ0n) is 13.1. The minimum atomic E-state index is -0.575. The molecule has 1 aromatic carbocycles.